The van der Waals surface area contributed by atoms with E-state index in [1.807, 2.05) is 23.4 Å². The van der Waals surface area contributed by atoms with Crippen LogP contribution < -0.4 is 0 Å². The van der Waals surface area contributed by atoms with Gasteiger partial charge in [-0.05, 0) is 25.0 Å². The molecule has 0 spiro atoms. The van der Waals surface area contributed by atoms with Crippen LogP contribution in [0.3, 0.4) is 0 Å². The fraction of sp³-hybridized carbons (Fsp3) is 0.389. The summed E-state index contributed by atoms with van der Waals surface area (Å²) in [6, 6.07) is 2.06. The number of amides is 1. The molecule has 24 heavy (non-hydrogen) atoms. The van der Waals surface area contributed by atoms with E-state index in [4.69, 9.17) is 0 Å². The predicted molar refractivity (Wildman–Crippen MR) is 99.8 cm³/mol. The number of aromatic amines is 1. The molecule has 5 nitrogen and oxygen atoms in total. The highest BCUT2D eigenvalue weighted by Crippen LogP contribution is 2.38. The van der Waals surface area contributed by atoms with Crippen molar-refractivity contribution in [2.75, 3.05) is 13.1 Å². The number of hydrogen-bond donors (Lipinski definition) is 1. The lowest BCUT2D eigenvalue weighted by Gasteiger charge is -2.22. The average Bonchev–Trinajstić information content (AvgIpc) is 3.20. The smallest absolute Gasteiger partial charge is 0.250 e. The van der Waals surface area contributed by atoms with Crippen LogP contribution in [-0.4, -0.2) is 40.3 Å². The van der Waals surface area contributed by atoms with Crippen LogP contribution in [0.5, 0.6) is 0 Å². The lowest BCUT2D eigenvalue weighted by Crippen LogP contribution is -2.33. The van der Waals surface area contributed by atoms with Gasteiger partial charge in [0.25, 0.3) is 0 Å². The van der Waals surface area contributed by atoms with Crippen LogP contribution >= 0.6 is 11.3 Å². The molecule has 0 aromatic carbocycles. The number of nitrogens with zero attached hydrogens (tertiary/aromatic N) is 3. The minimum absolute atomic E-state index is 0.135. The highest BCUT2D eigenvalue weighted by molar-refractivity contribution is 7.17. The SMILES string of the molecule is CCCN(CCC)C(=O)C1=Cc2sc(-c3cn[nH]c3)cc2N=CC1. The van der Waals surface area contributed by atoms with Crippen molar-refractivity contribution in [3.63, 3.8) is 0 Å². The van der Waals surface area contributed by atoms with Gasteiger partial charge in [-0.3, -0.25) is 14.9 Å². The van der Waals surface area contributed by atoms with Crippen LogP contribution in [0.15, 0.2) is 29.0 Å². The first-order chi connectivity index (χ1) is 11.7. The van der Waals surface area contributed by atoms with Crippen LogP contribution in [0.4, 0.5) is 5.69 Å². The summed E-state index contributed by atoms with van der Waals surface area (Å²) in [5.41, 5.74) is 2.79. The lowest BCUT2D eigenvalue weighted by molar-refractivity contribution is -0.127. The van der Waals surface area contributed by atoms with Gasteiger partial charge in [-0.25, -0.2) is 0 Å². The number of aliphatic imine (C=N–C) groups is 1. The van der Waals surface area contributed by atoms with Crippen LogP contribution in [0, 0.1) is 0 Å². The number of thiophene rings is 1. The van der Waals surface area contributed by atoms with Crippen molar-refractivity contribution >= 4 is 35.2 Å². The molecule has 126 valence electrons. The van der Waals surface area contributed by atoms with Gasteiger partial charge in [0.15, 0.2) is 0 Å². The van der Waals surface area contributed by atoms with Gasteiger partial charge in [-0.2, -0.15) is 5.10 Å². The van der Waals surface area contributed by atoms with Gasteiger partial charge in [0.2, 0.25) is 5.91 Å². The summed E-state index contributed by atoms with van der Waals surface area (Å²) in [5, 5.41) is 6.83. The van der Waals surface area contributed by atoms with E-state index < -0.39 is 0 Å². The van der Waals surface area contributed by atoms with Gasteiger partial charge in [0.05, 0.1) is 16.8 Å². The number of rotatable bonds is 6. The van der Waals surface area contributed by atoms with E-state index in [1.54, 1.807) is 17.5 Å². The second kappa shape index (κ2) is 7.57. The van der Waals surface area contributed by atoms with Crippen LogP contribution in [-0.2, 0) is 4.79 Å². The van der Waals surface area contributed by atoms with Gasteiger partial charge in [-0.1, -0.05) is 13.8 Å². The maximum Gasteiger partial charge on any atom is 0.250 e. The molecule has 1 aliphatic heterocycles. The first-order valence-electron chi connectivity index (χ1n) is 8.38. The Morgan fingerprint density at radius 2 is 2.12 bits per heavy atom. The molecule has 0 fully saturated rings. The van der Waals surface area contributed by atoms with Crippen LogP contribution in [0.2, 0.25) is 0 Å². The fourth-order valence-electron chi connectivity index (χ4n) is 2.79. The second-order valence-electron chi connectivity index (χ2n) is 5.82. The lowest BCUT2D eigenvalue weighted by atomic mass is 10.1. The Labute approximate surface area is 146 Å². The molecule has 1 amide bonds. The van der Waals surface area contributed by atoms with Crippen molar-refractivity contribution in [3.8, 4) is 10.4 Å². The largest absolute Gasteiger partial charge is 0.339 e. The first-order valence-corrected chi connectivity index (χ1v) is 9.20. The van der Waals surface area contributed by atoms with Crippen molar-refractivity contribution in [2.24, 2.45) is 4.99 Å². The van der Waals surface area contributed by atoms with Crippen molar-refractivity contribution in [1.82, 2.24) is 15.1 Å². The molecule has 2 aromatic rings. The number of hydrogen-bond acceptors (Lipinski definition) is 4. The van der Waals surface area contributed by atoms with Crippen molar-refractivity contribution in [1.29, 1.82) is 0 Å². The number of fused-ring (bicyclic) bond motifs is 1. The van der Waals surface area contributed by atoms with Crippen LogP contribution in [0.1, 0.15) is 38.0 Å². The molecule has 0 aliphatic carbocycles. The molecular formula is C18H22N4OS. The molecule has 1 aliphatic rings. The van der Waals surface area contributed by atoms with E-state index in [1.165, 1.54) is 0 Å². The number of nitrogens with one attached hydrogen (secondary N) is 1. The number of carbonyl (C=O) groups is 1. The van der Waals surface area contributed by atoms with Gasteiger partial charge in [-0.15, -0.1) is 11.3 Å². The quantitative estimate of drug-likeness (QED) is 0.852. The van der Waals surface area contributed by atoms with Crippen molar-refractivity contribution < 1.29 is 4.79 Å². The zero-order chi connectivity index (χ0) is 16.9. The van der Waals surface area contributed by atoms with E-state index in [0.29, 0.717) is 6.42 Å². The van der Waals surface area contributed by atoms with Crippen molar-refractivity contribution in [3.05, 3.63) is 28.9 Å². The maximum absolute atomic E-state index is 12.9. The Morgan fingerprint density at radius 1 is 1.33 bits per heavy atom. The van der Waals surface area contributed by atoms with Gasteiger partial charge in [0.1, 0.15) is 0 Å². The number of carbonyl (C=O) groups excluding carboxylic acids is 1. The third-order valence-electron chi connectivity index (χ3n) is 3.92. The van der Waals surface area contributed by atoms with Gasteiger partial charge in [0, 0.05) is 47.9 Å². The first kappa shape index (κ1) is 16.6. The minimum Gasteiger partial charge on any atom is -0.339 e. The fourth-order valence-corrected chi connectivity index (χ4v) is 3.85. The van der Waals surface area contributed by atoms with E-state index in [2.05, 4.69) is 35.1 Å². The molecule has 6 heteroatoms. The molecule has 3 heterocycles. The molecule has 0 bridgehead atoms. The van der Waals surface area contributed by atoms with E-state index in [9.17, 15) is 4.79 Å². The third kappa shape index (κ3) is 3.48. The van der Waals surface area contributed by atoms with Gasteiger partial charge >= 0.3 is 0 Å². The molecule has 0 unspecified atom stereocenters. The summed E-state index contributed by atoms with van der Waals surface area (Å²) in [6.07, 6.45) is 10.1. The Bertz CT molecular complexity index is 752. The molecule has 0 saturated heterocycles. The second-order valence-corrected chi connectivity index (χ2v) is 6.91. The zero-order valence-electron chi connectivity index (χ0n) is 14.1. The Kier molecular flexibility index (Phi) is 5.25. The molecule has 3 rings (SSSR count). The summed E-state index contributed by atoms with van der Waals surface area (Å²) in [4.78, 5) is 21.5. The van der Waals surface area contributed by atoms with E-state index in [0.717, 1.165) is 52.5 Å². The minimum atomic E-state index is 0.135. The number of H-pyrrole nitrogens is 1. The molecule has 0 saturated carbocycles. The average molecular weight is 342 g/mol. The summed E-state index contributed by atoms with van der Waals surface area (Å²) in [5.74, 6) is 0.135. The summed E-state index contributed by atoms with van der Waals surface area (Å²) < 4.78 is 0. The van der Waals surface area contributed by atoms with Crippen molar-refractivity contribution in [2.45, 2.75) is 33.1 Å². The molecular weight excluding hydrogens is 320 g/mol. The molecule has 0 radical (unpaired) electrons. The van der Waals surface area contributed by atoms with E-state index in [-0.39, 0.29) is 5.91 Å². The highest BCUT2D eigenvalue weighted by Gasteiger charge is 2.19. The van der Waals surface area contributed by atoms with Gasteiger partial charge < -0.3 is 4.90 Å². The summed E-state index contributed by atoms with van der Waals surface area (Å²) >= 11 is 1.65. The molecule has 0 atom stereocenters. The third-order valence-corrected chi connectivity index (χ3v) is 5.04. The normalized spacial score (nSPS) is 13.3. The summed E-state index contributed by atoms with van der Waals surface area (Å²) in [7, 11) is 0. The molecule has 1 N–H and O–H groups in total. The Balaban J connectivity index is 1.89. The summed E-state index contributed by atoms with van der Waals surface area (Å²) in [6.45, 7) is 5.82. The van der Waals surface area contributed by atoms with Crippen LogP contribution in [0.25, 0.3) is 16.5 Å². The monoisotopic (exact) mass is 342 g/mol. The zero-order valence-corrected chi connectivity index (χ0v) is 14.9. The molecule has 2 aromatic heterocycles. The predicted octanol–water partition coefficient (Wildman–Crippen LogP) is 4.28. The maximum atomic E-state index is 12.9. The van der Waals surface area contributed by atoms with E-state index >= 15 is 0 Å². The Morgan fingerprint density at radius 3 is 2.79 bits per heavy atom. The number of aromatic nitrogens is 2. The standard InChI is InChI=1S/C18H22N4OS/c1-3-7-22(8-4-2)18(23)13-5-6-19-15-10-16(24-17(15)9-13)14-11-20-21-12-14/h6,9-12H,3-5,7-8H2,1-2H3,(H,20,21). The topological polar surface area (TPSA) is 61.4 Å². The highest BCUT2D eigenvalue weighted by atomic mass is 32.1. The Hall–Kier alpha value is -2.21.